The Morgan fingerprint density at radius 1 is 1.00 bits per heavy atom. The Hall–Kier alpha value is -3.02. The molecule has 0 saturated heterocycles. The summed E-state index contributed by atoms with van der Waals surface area (Å²) >= 11 is 0. The number of hydrogen-bond acceptors (Lipinski definition) is 5. The molecule has 6 nitrogen and oxygen atoms in total. The number of ether oxygens (including phenoxy) is 3. The standard InChI is InChI=1S/C20H23NO5/c1-20(2,3)13-11-15(18(22)25-5)17(24-4)16(12-13)21-19(23)26-14-9-7-6-8-10-14/h6-12H,1-5H3,(H,21,23). The van der Waals surface area contributed by atoms with Crippen molar-refractivity contribution in [3.63, 3.8) is 0 Å². The minimum atomic E-state index is -0.684. The van der Waals surface area contributed by atoms with Crippen LogP contribution in [0.3, 0.4) is 0 Å². The monoisotopic (exact) mass is 357 g/mol. The Morgan fingerprint density at radius 3 is 2.19 bits per heavy atom. The molecule has 2 rings (SSSR count). The highest BCUT2D eigenvalue weighted by atomic mass is 16.6. The number of hydrogen-bond donors (Lipinski definition) is 1. The number of para-hydroxylation sites is 1. The van der Waals surface area contributed by atoms with Crippen LogP contribution in [0.25, 0.3) is 0 Å². The molecule has 0 radical (unpaired) electrons. The van der Waals surface area contributed by atoms with Crippen LogP contribution >= 0.6 is 0 Å². The summed E-state index contributed by atoms with van der Waals surface area (Å²) in [4.78, 5) is 24.4. The molecule has 0 aliphatic rings. The second-order valence-corrected chi connectivity index (χ2v) is 6.67. The molecule has 2 aromatic carbocycles. The SMILES string of the molecule is COC(=O)c1cc(C(C)(C)C)cc(NC(=O)Oc2ccccc2)c1OC. The molecule has 0 fully saturated rings. The van der Waals surface area contributed by atoms with Crippen molar-refractivity contribution < 1.29 is 23.8 Å². The molecule has 0 bridgehead atoms. The van der Waals surface area contributed by atoms with E-state index in [0.717, 1.165) is 5.56 Å². The predicted octanol–water partition coefficient (Wildman–Crippen LogP) is 4.39. The van der Waals surface area contributed by atoms with Crippen LogP contribution in [0.4, 0.5) is 10.5 Å². The zero-order chi connectivity index (χ0) is 19.3. The summed E-state index contributed by atoms with van der Waals surface area (Å²) in [5.74, 6) is 0.0754. The molecular formula is C20H23NO5. The number of rotatable bonds is 4. The second-order valence-electron chi connectivity index (χ2n) is 6.67. The van der Waals surface area contributed by atoms with Crippen LogP contribution < -0.4 is 14.8 Å². The van der Waals surface area contributed by atoms with E-state index in [0.29, 0.717) is 11.4 Å². The lowest BCUT2D eigenvalue weighted by atomic mass is 9.85. The summed E-state index contributed by atoms with van der Waals surface area (Å²) in [5, 5.41) is 2.65. The van der Waals surface area contributed by atoms with Crippen molar-refractivity contribution in [2.75, 3.05) is 19.5 Å². The van der Waals surface area contributed by atoms with E-state index < -0.39 is 12.1 Å². The van der Waals surface area contributed by atoms with Gasteiger partial charge >= 0.3 is 12.1 Å². The fraction of sp³-hybridized carbons (Fsp3) is 0.300. The maximum Gasteiger partial charge on any atom is 0.417 e. The van der Waals surface area contributed by atoms with Gasteiger partial charge in [-0.15, -0.1) is 0 Å². The molecule has 1 amide bonds. The molecule has 138 valence electrons. The second kappa shape index (κ2) is 7.91. The van der Waals surface area contributed by atoms with Crippen LogP contribution in [0.15, 0.2) is 42.5 Å². The summed E-state index contributed by atoms with van der Waals surface area (Å²) in [5.41, 5.74) is 1.15. The molecule has 0 aliphatic carbocycles. The van der Waals surface area contributed by atoms with Crippen LogP contribution in [0.1, 0.15) is 36.7 Å². The van der Waals surface area contributed by atoms with Gasteiger partial charge in [0.1, 0.15) is 11.3 Å². The molecule has 0 unspecified atom stereocenters. The lowest BCUT2D eigenvalue weighted by Gasteiger charge is -2.23. The Bertz CT molecular complexity index is 794. The first-order chi connectivity index (χ1) is 12.3. The summed E-state index contributed by atoms with van der Waals surface area (Å²) in [6, 6.07) is 12.2. The van der Waals surface area contributed by atoms with Crippen molar-refractivity contribution in [3.8, 4) is 11.5 Å². The Kier molecular flexibility index (Phi) is 5.87. The molecular weight excluding hydrogens is 334 g/mol. The van der Waals surface area contributed by atoms with Crippen LogP contribution in [0.5, 0.6) is 11.5 Å². The van der Waals surface area contributed by atoms with Crippen molar-refractivity contribution in [2.24, 2.45) is 0 Å². The minimum Gasteiger partial charge on any atom is -0.494 e. The van der Waals surface area contributed by atoms with Gasteiger partial charge in [-0.3, -0.25) is 5.32 Å². The number of amides is 1. The van der Waals surface area contributed by atoms with Crippen molar-refractivity contribution >= 4 is 17.7 Å². The lowest BCUT2D eigenvalue weighted by molar-refractivity contribution is 0.0597. The number of benzene rings is 2. The summed E-state index contributed by atoms with van der Waals surface area (Å²) in [6.07, 6.45) is -0.684. The molecule has 6 heteroatoms. The van der Waals surface area contributed by atoms with Gasteiger partial charge in [-0.05, 0) is 35.2 Å². The van der Waals surface area contributed by atoms with Crippen molar-refractivity contribution in [3.05, 3.63) is 53.6 Å². The maximum absolute atomic E-state index is 12.3. The van der Waals surface area contributed by atoms with E-state index >= 15 is 0 Å². The number of nitrogens with one attached hydrogen (secondary N) is 1. The van der Waals surface area contributed by atoms with E-state index in [2.05, 4.69) is 5.32 Å². The van der Waals surface area contributed by atoms with Gasteiger partial charge in [0, 0.05) is 0 Å². The zero-order valence-electron chi connectivity index (χ0n) is 15.6. The average Bonchev–Trinajstić information content (AvgIpc) is 2.60. The quantitative estimate of drug-likeness (QED) is 0.822. The molecule has 2 aromatic rings. The van der Waals surface area contributed by atoms with Gasteiger partial charge in [-0.25, -0.2) is 9.59 Å². The molecule has 0 atom stereocenters. The molecule has 0 aromatic heterocycles. The van der Waals surface area contributed by atoms with Gasteiger partial charge in [-0.1, -0.05) is 39.0 Å². The third-order valence-electron chi connectivity index (χ3n) is 3.75. The zero-order valence-corrected chi connectivity index (χ0v) is 15.6. The molecule has 26 heavy (non-hydrogen) atoms. The summed E-state index contributed by atoms with van der Waals surface area (Å²) in [7, 11) is 2.72. The Morgan fingerprint density at radius 2 is 1.65 bits per heavy atom. The van der Waals surface area contributed by atoms with Gasteiger partial charge in [0.05, 0.1) is 19.9 Å². The first-order valence-electron chi connectivity index (χ1n) is 8.11. The average molecular weight is 357 g/mol. The van der Waals surface area contributed by atoms with E-state index in [4.69, 9.17) is 14.2 Å². The van der Waals surface area contributed by atoms with E-state index in [1.54, 1.807) is 36.4 Å². The number of esters is 1. The number of anilines is 1. The Balaban J connectivity index is 2.41. The first-order valence-corrected chi connectivity index (χ1v) is 8.11. The van der Waals surface area contributed by atoms with Crippen LogP contribution in [0, 0.1) is 0 Å². The molecule has 0 heterocycles. The Labute approximate surface area is 153 Å². The molecule has 0 aliphatic heterocycles. The highest BCUT2D eigenvalue weighted by Crippen LogP contribution is 2.35. The lowest BCUT2D eigenvalue weighted by Crippen LogP contribution is -2.20. The summed E-state index contributed by atoms with van der Waals surface area (Å²) in [6.45, 7) is 6.01. The van der Waals surface area contributed by atoms with Gasteiger partial charge in [-0.2, -0.15) is 0 Å². The molecule has 0 saturated carbocycles. The smallest absolute Gasteiger partial charge is 0.417 e. The van der Waals surface area contributed by atoms with E-state index in [1.807, 2.05) is 26.8 Å². The molecule has 1 N–H and O–H groups in total. The highest BCUT2D eigenvalue weighted by molar-refractivity contribution is 5.98. The first kappa shape index (κ1) is 19.3. The fourth-order valence-corrected chi connectivity index (χ4v) is 2.37. The maximum atomic E-state index is 12.3. The predicted molar refractivity (Wildman–Crippen MR) is 99.1 cm³/mol. The van der Waals surface area contributed by atoms with Crippen molar-refractivity contribution in [1.82, 2.24) is 0 Å². The van der Waals surface area contributed by atoms with E-state index in [-0.39, 0.29) is 16.7 Å². The third-order valence-corrected chi connectivity index (χ3v) is 3.75. The number of carbonyl (C=O) groups is 2. The van der Waals surface area contributed by atoms with Gasteiger partial charge in [0.15, 0.2) is 5.75 Å². The van der Waals surface area contributed by atoms with E-state index in [1.165, 1.54) is 14.2 Å². The summed E-state index contributed by atoms with van der Waals surface area (Å²) < 4.78 is 15.4. The highest BCUT2D eigenvalue weighted by Gasteiger charge is 2.24. The molecule has 0 spiro atoms. The van der Waals surface area contributed by atoms with Crippen LogP contribution in [-0.2, 0) is 10.2 Å². The largest absolute Gasteiger partial charge is 0.494 e. The normalized spacial score (nSPS) is 10.8. The van der Waals surface area contributed by atoms with Gasteiger partial charge in [0.2, 0.25) is 0 Å². The van der Waals surface area contributed by atoms with Crippen molar-refractivity contribution in [1.29, 1.82) is 0 Å². The van der Waals surface area contributed by atoms with Crippen molar-refractivity contribution in [2.45, 2.75) is 26.2 Å². The third kappa shape index (κ3) is 4.53. The minimum absolute atomic E-state index is 0.217. The topological polar surface area (TPSA) is 73.9 Å². The fourth-order valence-electron chi connectivity index (χ4n) is 2.37. The van der Waals surface area contributed by atoms with Crippen LogP contribution in [0.2, 0.25) is 0 Å². The van der Waals surface area contributed by atoms with Gasteiger partial charge in [0.25, 0.3) is 0 Å². The number of carbonyl (C=O) groups excluding carboxylic acids is 2. The van der Waals surface area contributed by atoms with E-state index in [9.17, 15) is 9.59 Å². The van der Waals surface area contributed by atoms with Gasteiger partial charge < -0.3 is 14.2 Å². The number of methoxy groups -OCH3 is 2. The van der Waals surface area contributed by atoms with Crippen LogP contribution in [-0.4, -0.2) is 26.3 Å².